The fourth-order valence-corrected chi connectivity index (χ4v) is 1.22. The van der Waals surface area contributed by atoms with Crippen molar-refractivity contribution in [3.05, 3.63) is 0 Å². The van der Waals surface area contributed by atoms with E-state index in [4.69, 9.17) is 14.2 Å². The van der Waals surface area contributed by atoms with Gasteiger partial charge in [0, 0.05) is 33.9 Å². The maximum absolute atomic E-state index is 5.24. The quantitative estimate of drug-likeness (QED) is 0.600. The molecule has 0 saturated carbocycles. The Labute approximate surface area is 86.9 Å². The molecule has 0 spiro atoms. The minimum atomic E-state index is 0.117. The Kier molecular flexibility index (Phi) is 9.29. The van der Waals surface area contributed by atoms with Gasteiger partial charge in [0.1, 0.15) is 0 Å². The average molecular weight is 205 g/mol. The molecule has 0 aromatic carbocycles. The number of methoxy groups -OCH3 is 3. The molecule has 2 unspecified atom stereocenters. The van der Waals surface area contributed by atoms with Crippen LogP contribution in [0.5, 0.6) is 0 Å². The van der Waals surface area contributed by atoms with Crippen LogP contribution >= 0.6 is 0 Å². The molecular weight excluding hydrogens is 182 g/mol. The lowest BCUT2D eigenvalue weighted by Gasteiger charge is -2.20. The Morgan fingerprint density at radius 1 is 1.07 bits per heavy atom. The van der Waals surface area contributed by atoms with Crippen molar-refractivity contribution < 1.29 is 14.2 Å². The Morgan fingerprint density at radius 3 is 2.14 bits per heavy atom. The van der Waals surface area contributed by atoms with Crippen LogP contribution in [-0.4, -0.2) is 53.2 Å². The van der Waals surface area contributed by atoms with Gasteiger partial charge in [-0.1, -0.05) is 6.92 Å². The normalized spacial score (nSPS) is 15.4. The van der Waals surface area contributed by atoms with Crippen LogP contribution in [0, 0.1) is 0 Å². The Morgan fingerprint density at radius 2 is 1.71 bits per heavy atom. The monoisotopic (exact) mass is 205 g/mol. The third kappa shape index (κ3) is 6.32. The van der Waals surface area contributed by atoms with Crippen molar-refractivity contribution in [2.75, 3.05) is 41.1 Å². The molecule has 4 heteroatoms. The van der Waals surface area contributed by atoms with Crippen molar-refractivity contribution in [3.63, 3.8) is 0 Å². The molecule has 0 aliphatic rings. The van der Waals surface area contributed by atoms with Gasteiger partial charge in [0.25, 0.3) is 0 Å². The van der Waals surface area contributed by atoms with Gasteiger partial charge >= 0.3 is 0 Å². The molecule has 86 valence electrons. The van der Waals surface area contributed by atoms with E-state index >= 15 is 0 Å². The van der Waals surface area contributed by atoms with E-state index in [-0.39, 0.29) is 6.10 Å². The summed E-state index contributed by atoms with van der Waals surface area (Å²) in [5, 5.41) is 3.38. The largest absolute Gasteiger partial charge is 0.383 e. The molecule has 0 aromatic heterocycles. The lowest BCUT2D eigenvalue weighted by atomic mass is 10.2. The van der Waals surface area contributed by atoms with E-state index in [2.05, 4.69) is 12.2 Å². The van der Waals surface area contributed by atoms with E-state index in [0.717, 1.165) is 19.6 Å². The lowest BCUT2D eigenvalue weighted by molar-refractivity contribution is 0.0252. The minimum absolute atomic E-state index is 0.117. The molecule has 0 heterocycles. The SMILES string of the molecule is CCC(COC)NCC(COC)OC. The summed E-state index contributed by atoms with van der Waals surface area (Å²) in [6, 6.07) is 0.398. The third-order valence-corrected chi connectivity index (χ3v) is 2.18. The van der Waals surface area contributed by atoms with Crippen molar-refractivity contribution in [2.45, 2.75) is 25.5 Å². The van der Waals surface area contributed by atoms with E-state index in [0.29, 0.717) is 12.6 Å². The zero-order chi connectivity index (χ0) is 10.8. The Hall–Kier alpha value is -0.160. The molecule has 0 aliphatic carbocycles. The summed E-state index contributed by atoms with van der Waals surface area (Å²) in [4.78, 5) is 0. The van der Waals surface area contributed by atoms with Gasteiger partial charge in [-0.3, -0.25) is 0 Å². The van der Waals surface area contributed by atoms with Crippen LogP contribution in [0.25, 0.3) is 0 Å². The number of nitrogens with one attached hydrogen (secondary N) is 1. The first-order valence-electron chi connectivity index (χ1n) is 5.02. The summed E-state index contributed by atoms with van der Waals surface area (Å²) in [6.07, 6.45) is 1.17. The van der Waals surface area contributed by atoms with Crippen molar-refractivity contribution in [3.8, 4) is 0 Å². The Balaban J connectivity index is 3.63. The third-order valence-electron chi connectivity index (χ3n) is 2.18. The van der Waals surface area contributed by atoms with Crippen LogP contribution in [0.3, 0.4) is 0 Å². The second kappa shape index (κ2) is 9.40. The highest BCUT2D eigenvalue weighted by atomic mass is 16.5. The van der Waals surface area contributed by atoms with Crippen molar-refractivity contribution in [2.24, 2.45) is 0 Å². The van der Waals surface area contributed by atoms with E-state index in [1.54, 1.807) is 21.3 Å². The molecule has 14 heavy (non-hydrogen) atoms. The number of rotatable bonds is 9. The number of hydrogen-bond acceptors (Lipinski definition) is 4. The molecule has 1 N–H and O–H groups in total. The van der Waals surface area contributed by atoms with Gasteiger partial charge in [0.2, 0.25) is 0 Å². The highest BCUT2D eigenvalue weighted by Crippen LogP contribution is 1.94. The molecule has 4 nitrogen and oxygen atoms in total. The first-order chi connectivity index (χ1) is 6.78. The molecule has 0 saturated heterocycles. The van der Waals surface area contributed by atoms with Gasteiger partial charge in [0.15, 0.2) is 0 Å². The Bertz CT molecular complexity index is 108. The van der Waals surface area contributed by atoms with Gasteiger partial charge in [-0.25, -0.2) is 0 Å². The van der Waals surface area contributed by atoms with E-state index < -0.39 is 0 Å². The van der Waals surface area contributed by atoms with Crippen LogP contribution in [0.1, 0.15) is 13.3 Å². The highest BCUT2D eigenvalue weighted by Gasteiger charge is 2.10. The molecule has 0 amide bonds. The van der Waals surface area contributed by atoms with Crippen molar-refractivity contribution >= 4 is 0 Å². The van der Waals surface area contributed by atoms with Crippen LogP contribution in [0.15, 0.2) is 0 Å². The minimum Gasteiger partial charge on any atom is -0.383 e. The summed E-state index contributed by atoms with van der Waals surface area (Å²) < 4.78 is 15.3. The molecule has 0 rings (SSSR count). The first kappa shape index (κ1) is 13.8. The van der Waals surface area contributed by atoms with E-state index in [9.17, 15) is 0 Å². The van der Waals surface area contributed by atoms with Gasteiger partial charge in [0.05, 0.1) is 19.3 Å². The zero-order valence-electron chi connectivity index (χ0n) is 9.71. The smallest absolute Gasteiger partial charge is 0.0928 e. The van der Waals surface area contributed by atoms with Crippen molar-refractivity contribution in [1.29, 1.82) is 0 Å². The number of ether oxygens (including phenoxy) is 3. The van der Waals surface area contributed by atoms with Crippen LogP contribution in [0.4, 0.5) is 0 Å². The highest BCUT2D eigenvalue weighted by molar-refractivity contribution is 4.68. The van der Waals surface area contributed by atoms with Crippen LogP contribution in [-0.2, 0) is 14.2 Å². The summed E-state index contributed by atoms with van der Waals surface area (Å²) in [7, 11) is 5.09. The molecule has 0 fully saturated rings. The molecular formula is C10H23NO3. The van der Waals surface area contributed by atoms with Gasteiger partial charge in [-0.05, 0) is 6.42 Å². The fraction of sp³-hybridized carbons (Fsp3) is 1.00. The van der Waals surface area contributed by atoms with E-state index in [1.807, 2.05) is 0 Å². The summed E-state index contributed by atoms with van der Waals surface area (Å²) in [6.45, 7) is 4.29. The topological polar surface area (TPSA) is 39.7 Å². The second-order valence-corrected chi connectivity index (χ2v) is 3.28. The zero-order valence-corrected chi connectivity index (χ0v) is 9.71. The van der Waals surface area contributed by atoms with Gasteiger partial charge in [-0.15, -0.1) is 0 Å². The summed E-state index contributed by atoms with van der Waals surface area (Å²) in [5.41, 5.74) is 0. The van der Waals surface area contributed by atoms with E-state index in [1.165, 1.54) is 0 Å². The second-order valence-electron chi connectivity index (χ2n) is 3.28. The van der Waals surface area contributed by atoms with Crippen molar-refractivity contribution in [1.82, 2.24) is 5.32 Å². The predicted octanol–water partition coefficient (Wildman–Crippen LogP) is 0.662. The standard InChI is InChI=1S/C10H23NO3/c1-5-9(7-12-2)11-6-10(14-4)8-13-3/h9-11H,5-8H2,1-4H3. The van der Waals surface area contributed by atoms with Crippen LogP contribution in [0.2, 0.25) is 0 Å². The van der Waals surface area contributed by atoms with Gasteiger partial charge < -0.3 is 19.5 Å². The average Bonchev–Trinajstić information content (AvgIpc) is 2.22. The first-order valence-corrected chi connectivity index (χ1v) is 5.02. The predicted molar refractivity (Wildman–Crippen MR) is 56.6 cm³/mol. The lowest BCUT2D eigenvalue weighted by Crippen LogP contribution is -2.40. The molecule has 0 aliphatic heterocycles. The number of hydrogen-bond donors (Lipinski definition) is 1. The maximum atomic E-state index is 5.24. The molecule has 0 bridgehead atoms. The molecule has 2 atom stereocenters. The molecule has 0 radical (unpaired) electrons. The fourth-order valence-electron chi connectivity index (χ4n) is 1.22. The van der Waals surface area contributed by atoms with Gasteiger partial charge in [-0.2, -0.15) is 0 Å². The molecule has 0 aromatic rings. The summed E-state index contributed by atoms with van der Waals surface area (Å²) in [5.74, 6) is 0. The maximum Gasteiger partial charge on any atom is 0.0928 e. The van der Waals surface area contributed by atoms with Crippen LogP contribution < -0.4 is 5.32 Å². The summed E-state index contributed by atoms with van der Waals surface area (Å²) >= 11 is 0.